The van der Waals surface area contributed by atoms with Crippen LogP contribution < -0.4 is 25.3 Å². The Hall–Kier alpha value is -1.67. The Bertz CT molecular complexity index is 817. The highest BCUT2D eigenvalue weighted by molar-refractivity contribution is 5.48. The normalized spacial score (nSPS) is 22.8. The van der Waals surface area contributed by atoms with Gasteiger partial charge in [0, 0.05) is 49.3 Å². The Morgan fingerprint density at radius 1 is 0.692 bits per heavy atom. The summed E-state index contributed by atoms with van der Waals surface area (Å²) in [5, 5.41) is 7.42. The molecule has 3 heterocycles. The lowest BCUT2D eigenvalue weighted by atomic mass is 9.88. The van der Waals surface area contributed by atoms with Crippen molar-refractivity contribution in [3.8, 4) is 0 Å². The lowest BCUT2D eigenvalue weighted by molar-refractivity contribution is 0.261. The summed E-state index contributed by atoms with van der Waals surface area (Å²) in [5.41, 5.74) is 0.218. The first kappa shape index (κ1) is 31.9. The highest BCUT2D eigenvalue weighted by atomic mass is 15.4. The van der Waals surface area contributed by atoms with Gasteiger partial charge in [0.25, 0.3) is 0 Å². The maximum atomic E-state index is 5.35. The SMILES string of the molecule is CCCN(CCC)c1nc(N(CC(C)C)C2CCNC(C)(C)C2)nc(N(CC(C)C)C2CCNC(C)(C)C2)n1. The number of piperidine rings is 2. The van der Waals surface area contributed by atoms with E-state index in [2.05, 4.69) is 94.6 Å². The van der Waals surface area contributed by atoms with Gasteiger partial charge in [-0.25, -0.2) is 0 Å². The zero-order valence-corrected chi connectivity index (χ0v) is 27.0. The Morgan fingerprint density at radius 3 is 1.41 bits per heavy atom. The Balaban J connectivity index is 2.14. The molecular weight excluding hydrogens is 484 g/mol. The molecule has 3 rings (SSSR count). The highest BCUT2D eigenvalue weighted by Crippen LogP contribution is 2.31. The van der Waals surface area contributed by atoms with Crippen molar-refractivity contribution in [2.75, 3.05) is 54.0 Å². The quantitative estimate of drug-likeness (QED) is 0.338. The Labute approximate surface area is 240 Å². The van der Waals surface area contributed by atoms with Crippen LogP contribution >= 0.6 is 0 Å². The molecule has 0 amide bonds. The van der Waals surface area contributed by atoms with Crippen LogP contribution in [-0.2, 0) is 0 Å². The molecule has 0 aliphatic carbocycles. The minimum atomic E-state index is 0.109. The van der Waals surface area contributed by atoms with E-state index in [0.717, 1.165) is 95.6 Å². The standard InChI is InChI=1S/C31H60N8/c1-11-17-37(18-12-2)27-34-28(38(21-23(3)4)25-13-15-32-30(7,8)19-25)36-29(35-27)39(22-24(5)6)26-14-16-33-31(9,10)20-26/h23-26,32-33H,11-22H2,1-10H3. The van der Waals surface area contributed by atoms with Crippen LogP contribution in [0.1, 0.15) is 108 Å². The molecule has 2 unspecified atom stereocenters. The molecule has 2 atom stereocenters. The van der Waals surface area contributed by atoms with Gasteiger partial charge in [-0.2, -0.15) is 15.0 Å². The van der Waals surface area contributed by atoms with Gasteiger partial charge < -0.3 is 25.3 Å². The zero-order valence-electron chi connectivity index (χ0n) is 27.0. The topological polar surface area (TPSA) is 72.5 Å². The molecule has 0 saturated carbocycles. The van der Waals surface area contributed by atoms with E-state index in [1.54, 1.807) is 0 Å². The van der Waals surface area contributed by atoms with Crippen LogP contribution in [-0.4, -0.2) is 77.4 Å². The van der Waals surface area contributed by atoms with Crippen molar-refractivity contribution < 1.29 is 0 Å². The molecule has 224 valence electrons. The third-order valence-corrected chi connectivity index (χ3v) is 8.04. The lowest BCUT2D eigenvalue weighted by Crippen LogP contribution is -2.55. The fourth-order valence-electron chi connectivity index (χ4n) is 6.38. The predicted molar refractivity (Wildman–Crippen MR) is 167 cm³/mol. The molecule has 8 nitrogen and oxygen atoms in total. The van der Waals surface area contributed by atoms with E-state index >= 15 is 0 Å². The van der Waals surface area contributed by atoms with Gasteiger partial charge >= 0.3 is 0 Å². The molecule has 2 saturated heterocycles. The summed E-state index contributed by atoms with van der Waals surface area (Å²) in [5.74, 6) is 3.62. The van der Waals surface area contributed by atoms with Crippen molar-refractivity contribution in [2.24, 2.45) is 11.8 Å². The van der Waals surface area contributed by atoms with Crippen LogP contribution in [0.5, 0.6) is 0 Å². The minimum Gasteiger partial charge on any atom is -0.341 e. The number of nitrogens with zero attached hydrogens (tertiary/aromatic N) is 6. The first-order valence-electron chi connectivity index (χ1n) is 15.9. The van der Waals surface area contributed by atoms with E-state index in [9.17, 15) is 0 Å². The maximum absolute atomic E-state index is 5.35. The van der Waals surface area contributed by atoms with Crippen molar-refractivity contribution in [3.05, 3.63) is 0 Å². The van der Waals surface area contributed by atoms with Crippen LogP contribution in [0, 0.1) is 11.8 Å². The molecule has 2 aliphatic rings. The first-order valence-corrected chi connectivity index (χ1v) is 15.9. The number of rotatable bonds is 13. The van der Waals surface area contributed by atoms with Crippen LogP contribution in [0.4, 0.5) is 17.8 Å². The number of hydrogen-bond donors (Lipinski definition) is 2. The van der Waals surface area contributed by atoms with Gasteiger partial charge in [0.1, 0.15) is 0 Å². The molecular formula is C31H60N8. The van der Waals surface area contributed by atoms with E-state index in [4.69, 9.17) is 15.0 Å². The molecule has 0 bridgehead atoms. The van der Waals surface area contributed by atoms with Crippen molar-refractivity contribution in [1.29, 1.82) is 0 Å². The van der Waals surface area contributed by atoms with E-state index in [0.29, 0.717) is 23.9 Å². The largest absolute Gasteiger partial charge is 0.341 e. The van der Waals surface area contributed by atoms with Crippen molar-refractivity contribution in [1.82, 2.24) is 25.6 Å². The average Bonchev–Trinajstić information content (AvgIpc) is 2.84. The fraction of sp³-hybridized carbons (Fsp3) is 0.903. The van der Waals surface area contributed by atoms with Crippen LogP contribution in [0.3, 0.4) is 0 Å². The maximum Gasteiger partial charge on any atom is 0.232 e. The monoisotopic (exact) mass is 544 g/mol. The van der Waals surface area contributed by atoms with Crippen molar-refractivity contribution >= 4 is 17.8 Å². The molecule has 0 spiro atoms. The number of hydrogen-bond acceptors (Lipinski definition) is 8. The summed E-state index contributed by atoms with van der Waals surface area (Å²) in [6.45, 7) is 28.9. The molecule has 2 aliphatic heterocycles. The second-order valence-corrected chi connectivity index (χ2v) is 14.2. The molecule has 8 heteroatoms. The van der Waals surface area contributed by atoms with E-state index in [1.807, 2.05) is 0 Å². The van der Waals surface area contributed by atoms with Crippen LogP contribution in [0.2, 0.25) is 0 Å². The molecule has 2 fully saturated rings. The predicted octanol–water partition coefficient (Wildman–Crippen LogP) is 5.48. The minimum absolute atomic E-state index is 0.109. The second kappa shape index (κ2) is 13.8. The third-order valence-electron chi connectivity index (χ3n) is 8.04. The second-order valence-electron chi connectivity index (χ2n) is 14.2. The van der Waals surface area contributed by atoms with E-state index in [-0.39, 0.29) is 11.1 Å². The molecule has 1 aromatic heterocycles. The van der Waals surface area contributed by atoms with Crippen LogP contribution in [0.15, 0.2) is 0 Å². The van der Waals surface area contributed by atoms with Gasteiger partial charge in [0.05, 0.1) is 0 Å². The molecule has 0 aromatic carbocycles. The van der Waals surface area contributed by atoms with Crippen LogP contribution in [0.25, 0.3) is 0 Å². The number of nitrogens with one attached hydrogen (secondary N) is 2. The fourth-order valence-corrected chi connectivity index (χ4v) is 6.38. The summed E-state index contributed by atoms with van der Waals surface area (Å²) in [4.78, 5) is 23.3. The smallest absolute Gasteiger partial charge is 0.232 e. The molecule has 0 radical (unpaired) electrons. The highest BCUT2D eigenvalue weighted by Gasteiger charge is 2.36. The van der Waals surface area contributed by atoms with E-state index in [1.165, 1.54) is 0 Å². The Kier molecular flexibility index (Phi) is 11.3. The average molecular weight is 545 g/mol. The molecule has 2 N–H and O–H groups in total. The summed E-state index contributed by atoms with van der Waals surface area (Å²) in [6, 6.07) is 0.822. The number of anilines is 3. The van der Waals surface area contributed by atoms with Crippen molar-refractivity contribution in [3.63, 3.8) is 0 Å². The van der Waals surface area contributed by atoms with Gasteiger partial charge in [-0.3, -0.25) is 0 Å². The van der Waals surface area contributed by atoms with Gasteiger partial charge in [-0.05, 0) is 91.1 Å². The van der Waals surface area contributed by atoms with Gasteiger partial charge in [0.2, 0.25) is 17.8 Å². The molecule has 1 aromatic rings. The zero-order chi connectivity index (χ0) is 28.8. The van der Waals surface area contributed by atoms with E-state index < -0.39 is 0 Å². The summed E-state index contributed by atoms with van der Waals surface area (Å²) in [7, 11) is 0. The summed E-state index contributed by atoms with van der Waals surface area (Å²) < 4.78 is 0. The summed E-state index contributed by atoms with van der Waals surface area (Å²) >= 11 is 0. The first-order chi connectivity index (χ1) is 18.3. The van der Waals surface area contributed by atoms with Gasteiger partial charge in [0.15, 0.2) is 0 Å². The summed E-state index contributed by atoms with van der Waals surface area (Å²) in [6.07, 6.45) is 6.54. The van der Waals surface area contributed by atoms with Crippen molar-refractivity contribution in [2.45, 2.75) is 131 Å². The lowest BCUT2D eigenvalue weighted by Gasteiger charge is -2.44. The van der Waals surface area contributed by atoms with Gasteiger partial charge in [-0.1, -0.05) is 41.5 Å². The third kappa shape index (κ3) is 9.17. The molecule has 39 heavy (non-hydrogen) atoms. The number of aromatic nitrogens is 3. The Morgan fingerprint density at radius 2 is 1.08 bits per heavy atom. The van der Waals surface area contributed by atoms with Gasteiger partial charge in [-0.15, -0.1) is 0 Å².